The molecule has 0 unspecified atom stereocenters. The molecule has 1 radical (unpaired) electrons. The molecule has 1 heterocycles. The van der Waals surface area contributed by atoms with E-state index in [1.165, 1.54) is 29.8 Å². The van der Waals surface area contributed by atoms with Crippen molar-refractivity contribution in [2.75, 3.05) is 33.2 Å². The first-order chi connectivity index (χ1) is 9.81. The lowest BCUT2D eigenvalue weighted by Crippen LogP contribution is -2.43. The largest absolute Gasteiger partial charge is 0.304 e. The standard InChI is InChI=1S/C18H21N2/c1-19-10-12-20(13-11-19)15-16-6-5-9-18(14-16)17-7-3-2-4-8-17/h2-5,7-9,14H,10-13,15H2,1H3. The fraction of sp³-hybridized carbons (Fsp3) is 0.333. The first kappa shape index (κ1) is 13.3. The Morgan fingerprint density at radius 3 is 2.45 bits per heavy atom. The zero-order valence-electron chi connectivity index (χ0n) is 12.0. The molecule has 1 saturated heterocycles. The van der Waals surface area contributed by atoms with E-state index in [0.717, 1.165) is 19.6 Å². The quantitative estimate of drug-likeness (QED) is 0.842. The van der Waals surface area contributed by atoms with Gasteiger partial charge in [-0.05, 0) is 35.9 Å². The second-order valence-electron chi connectivity index (χ2n) is 5.55. The Bertz CT molecular complexity index is 542. The molecule has 2 aromatic rings. The molecule has 0 bridgehead atoms. The fourth-order valence-electron chi connectivity index (χ4n) is 2.66. The van der Waals surface area contributed by atoms with Crippen LogP contribution in [0.25, 0.3) is 11.1 Å². The first-order valence-corrected chi connectivity index (χ1v) is 7.28. The number of hydrogen-bond donors (Lipinski definition) is 0. The number of nitrogens with zero attached hydrogens (tertiary/aromatic N) is 2. The van der Waals surface area contributed by atoms with Crippen LogP contribution in [0.5, 0.6) is 0 Å². The lowest BCUT2D eigenvalue weighted by atomic mass is 10.0. The van der Waals surface area contributed by atoms with Gasteiger partial charge in [0.25, 0.3) is 0 Å². The van der Waals surface area contributed by atoms with Crippen molar-refractivity contribution >= 4 is 0 Å². The van der Waals surface area contributed by atoms with E-state index >= 15 is 0 Å². The molecular weight excluding hydrogens is 244 g/mol. The van der Waals surface area contributed by atoms with Gasteiger partial charge in [-0.2, -0.15) is 0 Å². The summed E-state index contributed by atoms with van der Waals surface area (Å²) in [6.45, 7) is 5.64. The van der Waals surface area contributed by atoms with E-state index < -0.39 is 0 Å². The predicted molar refractivity (Wildman–Crippen MR) is 83.5 cm³/mol. The molecule has 1 aliphatic heterocycles. The van der Waals surface area contributed by atoms with Crippen LogP contribution >= 0.6 is 0 Å². The van der Waals surface area contributed by atoms with Gasteiger partial charge in [-0.15, -0.1) is 0 Å². The summed E-state index contributed by atoms with van der Waals surface area (Å²) in [5.41, 5.74) is 3.85. The van der Waals surface area contributed by atoms with Crippen molar-refractivity contribution in [1.82, 2.24) is 9.80 Å². The van der Waals surface area contributed by atoms with Gasteiger partial charge in [0.1, 0.15) is 0 Å². The number of benzene rings is 2. The SMILES string of the molecule is CN1CCN(Cc2[c]ccc(-c3ccccc3)c2)CC1. The van der Waals surface area contributed by atoms with Crippen LogP contribution in [-0.2, 0) is 6.54 Å². The van der Waals surface area contributed by atoms with E-state index in [1.807, 2.05) is 6.07 Å². The van der Waals surface area contributed by atoms with Gasteiger partial charge in [-0.1, -0.05) is 42.5 Å². The highest BCUT2D eigenvalue weighted by Gasteiger charge is 2.13. The zero-order chi connectivity index (χ0) is 13.8. The van der Waals surface area contributed by atoms with Gasteiger partial charge in [0, 0.05) is 32.7 Å². The van der Waals surface area contributed by atoms with Crippen LogP contribution < -0.4 is 0 Å². The van der Waals surface area contributed by atoms with Gasteiger partial charge in [-0.25, -0.2) is 0 Å². The molecule has 0 aliphatic carbocycles. The van der Waals surface area contributed by atoms with Crippen LogP contribution in [0.2, 0.25) is 0 Å². The van der Waals surface area contributed by atoms with Crippen LogP contribution in [0.1, 0.15) is 5.56 Å². The molecule has 0 amide bonds. The van der Waals surface area contributed by atoms with E-state index in [0.29, 0.717) is 0 Å². The van der Waals surface area contributed by atoms with E-state index in [-0.39, 0.29) is 0 Å². The minimum absolute atomic E-state index is 1.01. The molecule has 2 heteroatoms. The molecule has 103 valence electrons. The van der Waals surface area contributed by atoms with Crippen LogP contribution in [-0.4, -0.2) is 43.0 Å². The number of hydrogen-bond acceptors (Lipinski definition) is 2. The molecule has 2 nitrogen and oxygen atoms in total. The third-order valence-corrected chi connectivity index (χ3v) is 3.96. The minimum atomic E-state index is 1.01. The first-order valence-electron chi connectivity index (χ1n) is 7.28. The van der Waals surface area contributed by atoms with Crippen LogP contribution in [0.4, 0.5) is 0 Å². The average molecular weight is 265 g/mol. The minimum Gasteiger partial charge on any atom is -0.304 e. The van der Waals surface area contributed by atoms with Crippen molar-refractivity contribution in [3.05, 3.63) is 60.2 Å². The molecule has 20 heavy (non-hydrogen) atoms. The summed E-state index contributed by atoms with van der Waals surface area (Å²) in [4.78, 5) is 4.90. The summed E-state index contributed by atoms with van der Waals surface area (Å²) < 4.78 is 0. The van der Waals surface area contributed by atoms with Gasteiger partial charge >= 0.3 is 0 Å². The molecule has 0 atom stereocenters. The average Bonchev–Trinajstić information content (AvgIpc) is 2.51. The molecule has 0 saturated carbocycles. The Balaban J connectivity index is 1.72. The Morgan fingerprint density at radius 1 is 0.950 bits per heavy atom. The Kier molecular flexibility index (Phi) is 4.14. The molecule has 1 aliphatic rings. The van der Waals surface area contributed by atoms with Crippen molar-refractivity contribution < 1.29 is 0 Å². The number of rotatable bonds is 3. The smallest absolute Gasteiger partial charge is 0.0241 e. The van der Waals surface area contributed by atoms with Crippen LogP contribution in [0.15, 0.2) is 48.5 Å². The Hall–Kier alpha value is -1.64. The number of piperazine rings is 1. The summed E-state index contributed by atoms with van der Waals surface area (Å²) >= 11 is 0. The van der Waals surface area contributed by atoms with E-state index in [2.05, 4.69) is 65.4 Å². The van der Waals surface area contributed by atoms with Gasteiger partial charge in [0.05, 0.1) is 0 Å². The van der Waals surface area contributed by atoms with Crippen molar-refractivity contribution in [2.24, 2.45) is 0 Å². The lowest BCUT2D eigenvalue weighted by Gasteiger charge is -2.32. The second-order valence-corrected chi connectivity index (χ2v) is 5.55. The Morgan fingerprint density at radius 2 is 1.70 bits per heavy atom. The van der Waals surface area contributed by atoms with Gasteiger partial charge in [0.15, 0.2) is 0 Å². The highest BCUT2D eigenvalue weighted by molar-refractivity contribution is 5.63. The van der Waals surface area contributed by atoms with Crippen molar-refractivity contribution in [3.63, 3.8) is 0 Å². The van der Waals surface area contributed by atoms with E-state index in [9.17, 15) is 0 Å². The maximum Gasteiger partial charge on any atom is 0.0241 e. The topological polar surface area (TPSA) is 6.48 Å². The summed E-state index contributed by atoms with van der Waals surface area (Å²) in [6, 6.07) is 20.4. The van der Waals surface area contributed by atoms with Gasteiger partial charge < -0.3 is 4.90 Å². The maximum atomic E-state index is 3.38. The fourth-order valence-corrected chi connectivity index (χ4v) is 2.66. The normalized spacial score (nSPS) is 17.2. The maximum absolute atomic E-state index is 3.38. The third-order valence-electron chi connectivity index (χ3n) is 3.96. The van der Waals surface area contributed by atoms with Crippen molar-refractivity contribution in [3.8, 4) is 11.1 Å². The molecular formula is C18H21N2. The van der Waals surface area contributed by atoms with E-state index in [4.69, 9.17) is 0 Å². The summed E-state index contributed by atoms with van der Waals surface area (Å²) in [6.07, 6.45) is 0. The molecule has 0 aromatic heterocycles. The lowest BCUT2D eigenvalue weighted by molar-refractivity contribution is 0.148. The second kappa shape index (κ2) is 6.21. The zero-order valence-corrected chi connectivity index (χ0v) is 12.0. The monoisotopic (exact) mass is 265 g/mol. The van der Waals surface area contributed by atoms with Gasteiger partial charge in [0.2, 0.25) is 0 Å². The highest BCUT2D eigenvalue weighted by Crippen LogP contribution is 2.20. The number of likely N-dealkylation sites (N-methyl/N-ethyl adjacent to an activating group) is 1. The third kappa shape index (κ3) is 3.27. The molecule has 3 rings (SSSR count). The summed E-state index contributed by atoms with van der Waals surface area (Å²) in [7, 11) is 2.19. The highest BCUT2D eigenvalue weighted by atomic mass is 15.2. The summed E-state index contributed by atoms with van der Waals surface area (Å²) in [5.74, 6) is 0. The molecule has 1 fully saturated rings. The molecule has 0 N–H and O–H groups in total. The molecule has 2 aromatic carbocycles. The van der Waals surface area contributed by atoms with Gasteiger partial charge in [-0.3, -0.25) is 4.90 Å². The Labute approximate surface area is 121 Å². The molecule has 0 spiro atoms. The predicted octanol–water partition coefficient (Wildman–Crippen LogP) is 2.90. The van der Waals surface area contributed by atoms with E-state index in [1.54, 1.807) is 0 Å². The van der Waals surface area contributed by atoms with Crippen LogP contribution in [0, 0.1) is 6.07 Å². The summed E-state index contributed by atoms with van der Waals surface area (Å²) in [5, 5.41) is 0. The van der Waals surface area contributed by atoms with Crippen molar-refractivity contribution in [2.45, 2.75) is 6.54 Å². The van der Waals surface area contributed by atoms with Crippen molar-refractivity contribution in [1.29, 1.82) is 0 Å². The van der Waals surface area contributed by atoms with Crippen LogP contribution in [0.3, 0.4) is 0 Å².